The van der Waals surface area contributed by atoms with Crippen LogP contribution in [0.3, 0.4) is 0 Å². The van der Waals surface area contributed by atoms with E-state index in [9.17, 15) is 9.59 Å². The summed E-state index contributed by atoms with van der Waals surface area (Å²) >= 11 is 0. The lowest BCUT2D eigenvalue weighted by atomic mass is 9.74. The van der Waals surface area contributed by atoms with Crippen molar-refractivity contribution in [2.45, 2.75) is 64.3 Å². The van der Waals surface area contributed by atoms with Crippen molar-refractivity contribution in [2.24, 2.45) is 11.3 Å². The van der Waals surface area contributed by atoms with Crippen molar-refractivity contribution in [3.63, 3.8) is 0 Å². The molecule has 0 N–H and O–H groups in total. The van der Waals surface area contributed by atoms with E-state index < -0.39 is 5.41 Å². The van der Waals surface area contributed by atoms with Crippen LogP contribution in [0.2, 0.25) is 0 Å². The standard InChI is InChI=1S/C25H36N2O3/c1-2-30-24(29)25(12-10-20-6-4-3-5-7-20)13-16-26(17-14-25)23(28)11-15-27-19-21-8-9-22(27)18-21/h3-7,21-22H,2,8-19H2,1H3/t21-,22-/m0/s1. The zero-order valence-corrected chi connectivity index (χ0v) is 18.4. The molecule has 2 atom stereocenters. The summed E-state index contributed by atoms with van der Waals surface area (Å²) in [5.41, 5.74) is 0.788. The third-order valence-corrected chi connectivity index (χ3v) is 7.65. The number of carbonyl (C=O) groups is 2. The van der Waals surface area contributed by atoms with E-state index in [2.05, 4.69) is 17.0 Å². The topological polar surface area (TPSA) is 49.9 Å². The van der Waals surface area contributed by atoms with Gasteiger partial charge in [0, 0.05) is 38.6 Å². The van der Waals surface area contributed by atoms with E-state index >= 15 is 0 Å². The number of piperidine rings is 2. The van der Waals surface area contributed by atoms with Gasteiger partial charge in [-0.1, -0.05) is 30.3 Å². The Balaban J connectivity index is 1.30. The lowest BCUT2D eigenvalue weighted by Gasteiger charge is -2.40. The Morgan fingerprint density at radius 3 is 2.53 bits per heavy atom. The van der Waals surface area contributed by atoms with Crippen molar-refractivity contribution >= 4 is 11.9 Å². The molecule has 3 aliphatic rings. The number of nitrogens with zero attached hydrogens (tertiary/aromatic N) is 2. The highest BCUT2D eigenvalue weighted by atomic mass is 16.5. The van der Waals surface area contributed by atoms with Gasteiger partial charge in [0.2, 0.25) is 5.91 Å². The molecule has 2 bridgehead atoms. The molecule has 2 saturated heterocycles. The summed E-state index contributed by atoms with van der Waals surface area (Å²) in [6.45, 7) is 5.69. The predicted molar refractivity (Wildman–Crippen MR) is 117 cm³/mol. The smallest absolute Gasteiger partial charge is 0.312 e. The van der Waals surface area contributed by atoms with Crippen molar-refractivity contribution in [3.8, 4) is 0 Å². The van der Waals surface area contributed by atoms with Gasteiger partial charge in [-0.05, 0) is 63.4 Å². The monoisotopic (exact) mass is 412 g/mol. The second kappa shape index (κ2) is 9.51. The van der Waals surface area contributed by atoms with E-state index in [0.29, 0.717) is 39.0 Å². The zero-order chi connectivity index (χ0) is 21.0. The first kappa shape index (κ1) is 21.4. The normalized spacial score (nSPS) is 25.4. The van der Waals surface area contributed by atoms with E-state index in [-0.39, 0.29) is 11.9 Å². The van der Waals surface area contributed by atoms with Crippen LogP contribution in [-0.2, 0) is 20.7 Å². The molecule has 0 aromatic heterocycles. The van der Waals surface area contributed by atoms with Crippen LogP contribution in [0.4, 0.5) is 0 Å². The SMILES string of the molecule is CCOC(=O)C1(CCc2ccccc2)CCN(C(=O)CCN2C[C@H]3CC[C@H]2C3)CC1. The minimum Gasteiger partial charge on any atom is -0.466 e. The average molecular weight is 413 g/mol. The third kappa shape index (κ3) is 4.72. The van der Waals surface area contributed by atoms with Crippen LogP contribution in [0.5, 0.6) is 0 Å². The van der Waals surface area contributed by atoms with Crippen LogP contribution in [0.1, 0.15) is 57.4 Å². The van der Waals surface area contributed by atoms with E-state index in [0.717, 1.165) is 31.3 Å². The number of amides is 1. The van der Waals surface area contributed by atoms with Crippen molar-refractivity contribution < 1.29 is 14.3 Å². The molecule has 0 unspecified atom stereocenters. The molecule has 5 nitrogen and oxygen atoms in total. The maximum absolute atomic E-state index is 12.9. The predicted octanol–water partition coefficient (Wildman–Crippen LogP) is 3.67. The summed E-state index contributed by atoms with van der Waals surface area (Å²) < 4.78 is 5.46. The molecule has 3 fully saturated rings. The second-order valence-electron chi connectivity index (χ2n) is 9.45. The molecule has 2 aliphatic heterocycles. The second-order valence-corrected chi connectivity index (χ2v) is 9.45. The molecule has 1 aromatic carbocycles. The Morgan fingerprint density at radius 2 is 1.90 bits per heavy atom. The zero-order valence-electron chi connectivity index (χ0n) is 18.4. The van der Waals surface area contributed by atoms with E-state index in [1.807, 2.05) is 30.0 Å². The van der Waals surface area contributed by atoms with Crippen molar-refractivity contribution in [1.82, 2.24) is 9.80 Å². The van der Waals surface area contributed by atoms with Gasteiger partial charge in [-0.2, -0.15) is 0 Å². The summed E-state index contributed by atoms with van der Waals surface area (Å²) in [4.78, 5) is 30.2. The lowest BCUT2D eigenvalue weighted by molar-refractivity contribution is -0.161. The van der Waals surface area contributed by atoms with Crippen molar-refractivity contribution in [2.75, 3.05) is 32.8 Å². The van der Waals surface area contributed by atoms with Gasteiger partial charge >= 0.3 is 5.97 Å². The Bertz CT molecular complexity index is 727. The van der Waals surface area contributed by atoms with Crippen LogP contribution < -0.4 is 0 Å². The molecule has 1 aromatic rings. The number of esters is 1. The Hall–Kier alpha value is -1.88. The van der Waals surface area contributed by atoms with Gasteiger partial charge in [0.25, 0.3) is 0 Å². The Labute approximate surface area is 180 Å². The molecule has 5 heteroatoms. The molecule has 0 radical (unpaired) electrons. The first-order valence-corrected chi connectivity index (χ1v) is 11.8. The number of likely N-dealkylation sites (tertiary alicyclic amines) is 2. The molecular formula is C25H36N2O3. The van der Waals surface area contributed by atoms with E-state index in [1.165, 1.54) is 31.4 Å². The molecule has 164 valence electrons. The van der Waals surface area contributed by atoms with Crippen LogP contribution in [0, 0.1) is 11.3 Å². The van der Waals surface area contributed by atoms with Gasteiger partial charge in [-0.3, -0.25) is 14.5 Å². The number of hydrogen-bond donors (Lipinski definition) is 0. The molecular weight excluding hydrogens is 376 g/mol. The molecule has 4 rings (SSSR count). The molecule has 2 heterocycles. The summed E-state index contributed by atoms with van der Waals surface area (Å²) in [7, 11) is 0. The minimum absolute atomic E-state index is 0.0823. The van der Waals surface area contributed by atoms with Crippen LogP contribution in [0.25, 0.3) is 0 Å². The average Bonchev–Trinajstić information content (AvgIpc) is 3.41. The number of benzene rings is 1. The van der Waals surface area contributed by atoms with Crippen molar-refractivity contribution in [3.05, 3.63) is 35.9 Å². The number of ether oxygens (including phenoxy) is 1. The number of carbonyl (C=O) groups excluding carboxylic acids is 2. The lowest BCUT2D eigenvalue weighted by Crippen LogP contribution is -2.48. The number of aryl methyl sites for hydroxylation is 1. The van der Waals surface area contributed by atoms with Crippen LogP contribution in [0.15, 0.2) is 30.3 Å². The summed E-state index contributed by atoms with van der Waals surface area (Å²) in [6, 6.07) is 11.0. The van der Waals surface area contributed by atoms with Crippen molar-refractivity contribution in [1.29, 1.82) is 0 Å². The van der Waals surface area contributed by atoms with E-state index in [1.54, 1.807) is 0 Å². The quantitative estimate of drug-likeness (QED) is 0.612. The van der Waals surface area contributed by atoms with Crippen LogP contribution in [-0.4, -0.2) is 60.5 Å². The molecule has 1 amide bonds. The number of fused-ring (bicyclic) bond motifs is 2. The maximum Gasteiger partial charge on any atom is 0.312 e. The van der Waals surface area contributed by atoms with Gasteiger partial charge in [0.05, 0.1) is 12.0 Å². The van der Waals surface area contributed by atoms with Gasteiger partial charge in [-0.15, -0.1) is 0 Å². The first-order valence-electron chi connectivity index (χ1n) is 11.8. The highest BCUT2D eigenvalue weighted by molar-refractivity contribution is 5.79. The largest absolute Gasteiger partial charge is 0.466 e. The number of rotatable bonds is 8. The Morgan fingerprint density at radius 1 is 1.13 bits per heavy atom. The molecule has 1 saturated carbocycles. The summed E-state index contributed by atoms with van der Waals surface area (Å²) in [5, 5.41) is 0. The minimum atomic E-state index is -0.462. The first-order chi connectivity index (χ1) is 14.6. The Kier molecular flexibility index (Phi) is 6.77. The highest BCUT2D eigenvalue weighted by Gasteiger charge is 2.43. The van der Waals surface area contributed by atoms with E-state index in [4.69, 9.17) is 4.74 Å². The van der Waals surface area contributed by atoms with Gasteiger partial charge in [-0.25, -0.2) is 0 Å². The maximum atomic E-state index is 12.9. The fraction of sp³-hybridized carbons (Fsp3) is 0.680. The molecule has 0 spiro atoms. The summed E-state index contributed by atoms with van der Waals surface area (Å²) in [5.74, 6) is 1.04. The number of hydrogen-bond acceptors (Lipinski definition) is 4. The van der Waals surface area contributed by atoms with Gasteiger partial charge < -0.3 is 9.64 Å². The molecule has 1 aliphatic carbocycles. The highest BCUT2D eigenvalue weighted by Crippen LogP contribution is 2.39. The fourth-order valence-corrected chi connectivity index (χ4v) is 5.75. The van der Waals surface area contributed by atoms with Gasteiger partial charge in [0.1, 0.15) is 0 Å². The third-order valence-electron chi connectivity index (χ3n) is 7.65. The fourth-order valence-electron chi connectivity index (χ4n) is 5.75. The molecule has 30 heavy (non-hydrogen) atoms. The van der Waals surface area contributed by atoms with Gasteiger partial charge in [0.15, 0.2) is 0 Å². The van der Waals surface area contributed by atoms with Crippen LogP contribution >= 0.6 is 0 Å². The summed E-state index contributed by atoms with van der Waals surface area (Å²) in [6.07, 6.45) is 7.70.